The Hall–Kier alpha value is -2.24. The number of fused-ring (bicyclic) bond motifs is 1. The summed E-state index contributed by atoms with van der Waals surface area (Å²) >= 11 is 0. The zero-order valence-electron chi connectivity index (χ0n) is 13.1. The van der Waals surface area contributed by atoms with Crippen LogP contribution in [0.5, 0.6) is 0 Å². The van der Waals surface area contributed by atoms with Gasteiger partial charge in [0.05, 0.1) is 0 Å². The minimum absolute atomic E-state index is 0.00987. The van der Waals surface area contributed by atoms with Crippen LogP contribution in [0.25, 0.3) is 0 Å². The standard InChI is InChI=1S/C17H20N4O2/c22-17(16-13-5-1-2-6-15(13)23-20-16)21-9-3-4-12(10-21)14-7-8-18-11-19-14/h7-8,11-12H,1-6,9-10H2/t12-/m1/s1. The minimum Gasteiger partial charge on any atom is -0.360 e. The van der Waals surface area contributed by atoms with E-state index in [1.165, 1.54) is 0 Å². The Kier molecular flexibility index (Phi) is 3.81. The van der Waals surface area contributed by atoms with Crippen LogP contribution in [0.15, 0.2) is 23.1 Å². The van der Waals surface area contributed by atoms with Crippen LogP contribution < -0.4 is 0 Å². The van der Waals surface area contributed by atoms with Gasteiger partial charge in [0, 0.05) is 42.9 Å². The van der Waals surface area contributed by atoms with Crippen molar-refractivity contribution >= 4 is 5.91 Å². The number of aryl methyl sites for hydroxylation is 1. The maximum absolute atomic E-state index is 12.9. The molecule has 1 aliphatic heterocycles. The van der Waals surface area contributed by atoms with Gasteiger partial charge < -0.3 is 9.42 Å². The van der Waals surface area contributed by atoms with Crippen molar-refractivity contribution in [3.63, 3.8) is 0 Å². The van der Waals surface area contributed by atoms with Gasteiger partial charge in [0.15, 0.2) is 5.69 Å². The second-order valence-electron chi connectivity index (χ2n) is 6.36. The molecule has 120 valence electrons. The van der Waals surface area contributed by atoms with Crippen LogP contribution in [0.4, 0.5) is 0 Å². The van der Waals surface area contributed by atoms with Gasteiger partial charge in [-0.25, -0.2) is 9.97 Å². The highest BCUT2D eigenvalue weighted by molar-refractivity contribution is 5.94. The van der Waals surface area contributed by atoms with E-state index in [1.807, 2.05) is 11.0 Å². The summed E-state index contributed by atoms with van der Waals surface area (Å²) in [5.41, 5.74) is 2.58. The maximum Gasteiger partial charge on any atom is 0.276 e. The maximum atomic E-state index is 12.9. The number of rotatable bonds is 2. The molecule has 1 saturated heterocycles. The van der Waals surface area contributed by atoms with Crippen molar-refractivity contribution in [2.75, 3.05) is 13.1 Å². The molecule has 3 heterocycles. The number of nitrogens with zero attached hydrogens (tertiary/aromatic N) is 4. The van der Waals surface area contributed by atoms with Crippen molar-refractivity contribution in [2.24, 2.45) is 0 Å². The molecular formula is C17H20N4O2. The van der Waals surface area contributed by atoms with Crippen LogP contribution in [-0.4, -0.2) is 39.0 Å². The average Bonchev–Trinajstić information content (AvgIpc) is 3.06. The van der Waals surface area contributed by atoms with E-state index in [4.69, 9.17) is 4.52 Å². The third-order valence-electron chi connectivity index (χ3n) is 4.88. The molecule has 23 heavy (non-hydrogen) atoms. The molecule has 0 saturated carbocycles. The molecule has 0 aromatic carbocycles. The van der Waals surface area contributed by atoms with E-state index < -0.39 is 0 Å². The second kappa shape index (κ2) is 6.10. The van der Waals surface area contributed by atoms with Crippen LogP contribution in [0.1, 0.15) is 59.1 Å². The number of carbonyl (C=O) groups is 1. The summed E-state index contributed by atoms with van der Waals surface area (Å²) in [6, 6.07) is 1.94. The Morgan fingerprint density at radius 3 is 3.04 bits per heavy atom. The smallest absolute Gasteiger partial charge is 0.276 e. The van der Waals surface area contributed by atoms with Crippen LogP contribution in [0.3, 0.4) is 0 Å². The van der Waals surface area contributed by atoms with E-state index in [2.05, 4.69) is 15.1 Å². The van der Waals surface area contributed by atoms with Crippen molar-refractivity contribution < 1.29 is 9.32 Å². The lowest BCUT2D eigenvalue weighted by atomic mass is 9.93. The SMILES string of the molecule is O=C(c1noc2c1CCCC2)N1CCC[C@@H](c2ccncn2)C1. The van der Waals surface area contributed by atoms with Crippen LogP contribution in [0, 0.1) is 0 Å². The molecular weight excluding hydrogens is 292 g/mol. The van der Waals surface area contributed by atoms with E-state index in [-0.39, 0.29) is 11.8 Å². The van der Waals surface area contributed by atoms with Gasteiger partial charge in [-0.1, -0.05) is 5.16 Å². The Balaban J connectivity index is 1.53. The van der Waals surface area contributed by atoms with Gasteiger partial charge in [0.1, 0.15) is 12.1 Å². The number of hydrogen-bond donors (Lipinski definition) is 0. The molecule has 1 aliphatic carbocycles. The first kappa shape index (κ1) is 14.4. The highest BCUT2D eigenvalue weighted by Crippen LogP contribution is 2.29. The molecule has 2 aromatic rings. The monoisotopic (exact) mass is 312 g/mol. The number of piperidine rings is 1. The lowest BCUT2D eigenvalue weighted by Crippen LogP contribution is -2.39. The predicted octanol–water partition coefficient (Wildman–Crippen LogP) is 2.36. The first-order valence-corrected chi connectivity index (χ1v) is 8.35. The largest absolute Gasteiger partial charge is 0.360 e. The summed E-state index contributed by atoms with van der Waals surface area (Å²) in [5, 5.41) is 4.08. The fraction of sp³-hybridized carbons (Fsp3) is 0.529. The Bertz CT molecular complexity index is 698. The molecule has 1 fully saturated rings. The van der Waals surface area contributed by atoms with Gasteiger partial charge in [-0.2, -0.15) is 0 Å². The molecule has 6 heteroatoms. The summed E-state index contributed by atoms with van der Waals surface area (Å²) < 4.78 is 5.39. The van der Waals surface area contributed by atoms with E-state index in [9.17, 15) is 4.79 Å². The Morgan fingerprint density at radius 1 is 1.26 bits per heavy atom. The van der Waals surface area contributed by atoms with Crippen LogP contribution >= 0.6 is 0 Å². The first-order chi connectivity index (χ1) is 11.3. The van der Waals surface area contributed by atoms with Crippen molar-refractivity contribution in [1.29, 1.82) is 0 Å². The van der Waals surface area contributed by atoms with E-state index in [1.54, 1.807) is 12.5 Å². The van der Waals surface area contributed by atoms with Gasteiger partial charge in [0.25, 0.3) is 5.91 Å². The third-order valence-corrected chi connectivity index (χ3v) is 4.88. The topological polar surface area (TPSA) is 72.1 Å². The fourth-order valence-electron chi connectivity index (χ4n) is 3.65. The number of hydrogen-bond acceptors (Lipinski definition) is 5. The second-order valence-corrected chi connectivity index (χ2v) is 6.36. The van der Waals surface area contributed by atoms with E-state index in [0.29, 0.717) is 12.2 Å². The van der Waals surface area contributed by atoms with Gasteiger partial charge in [-0.3, -0.25) is 4.79 Å². The van der Waals surface area contributed by atoms with E-state index >= 15 is 0 Å². The molecule has 1 amide bonds. The first-order valence-electron chi connectivity index (χ1n) is 8.35. The molecule has 6 nitrogen and oxygen atoms in total. The van der Waals surface area contributed by atoms with Crippen molar-refractivity contribution in [2.45, 2.75) is 44.4 Å². The van der Waals surface area contributed by atoms with Gasteiger partial charge in [0.2, 0.25) is 0 Å². The minimum atomic E-state index is 0.00987. The number of carbonyl (C=O) groups excluding carboxylic acids is 1. The normalized spacial score (nSPS) is 21.0. The van der Waals surface area contributed by atoms with Crippen molar-refractivity contribution in [1.82, 2.24) is 20.0 Å². The summed E-state index contributed by atoms with van der Waals surface area (Å²) in [6.45, 7) is 1.47. The molecule has 0 unspecified atom stereocenters. The molecule has 2 aromatic heterocycles. The van der Waals surface area contributed by atoms with Crippen LogP contribution in [-0.2, 0) is 12.8 Å². The zero-order chi connectivity index (χ0) is 15.6. The molecule has 0 bridgehead atoms. The molecule has 4 rings (SSSR count). The number of aromatic nitrogens is 3. The molecule has 0 spiro atoms. The highest BCUT2D eigenvalue weighted by Gasteiger charge is 2.31. The lowest BCUT2D eigenvalue weighted by Gasteiger charge is -2.32. The molecule has 2 aliphatic rings. The van der Waals surface area contributed by atoms with Crippen molar-refractivity contribution in [3.8, 4) is 0 Å². The Labute approximate surface area is 134 Å². The quantitative estimate of drug-likeness (QED) is 0.851. The molecule has 0 radical (unpaired) electrons. The van der Waals surface area contributed by atoms with Crippen molar-refractivity contribution in [3.05, 3.63) is 41.3 Å². The van der Waals surface area contributed by atoms with Crippen LogP contribution in [0.2, 0.25) is 0 Å². The highest BCUT2D eigenvalue weighted by atomic mass is 16.5. The Morgan fingerprint density at radius 2 is 2.17 bits per heavy atom. The summed E-state index contributed by atoms with van der Waals surface area (Å²) in [7, 11) is 0. The molecule has 1 atom stereocenters. The number of amides is 1. The van der Waals surface area contributed by atoms with Gasteiger partial charge in [-0.05, 0) is 38.2 Å². The third kappa shape index (κ3) is 2.73. The van der Waals surface area contributed by atoms with Gasteiger partial charge in [-0.15, -0.1) is 0 Å². The van der Waals surface area contributed by atoms with Gasteiger partial charge >= 0.3 is 0 Å². The average molecular weight is 312 g/mol. The fourth-order valence-corrected chi connectivity index (χ4v) is 3.65. The predicted molar refractivity (Wildman–Crippen MR) is 83.1 cm³/mol. The summed E-state index contributed by atoms with van der Waals surface area (Å²) in [5.74, 6) is 1.19. The lowest BCUT2D eigenvalue weighted by molar-refractivity contribution is 0.0694. The summed E-state index contributed by atoms with van der Waals surface area (Å²) in [6.07, 6.45) is 9.41. The zero-order valence-corrected chi connectivity index (χ0v) is 13.1. The summed E-state index contributed by atoms with van der Waals surface area (Å²) in [4.78, 5) is 23.1. The van der Waals surface area contributed by atoms with E-state index in [0.717, 1.165) is 62.1 Å². The molecule has 0 N–H and O–H groups in total. The number of likely N-dealkylation sites (tertiary alicyclic amines) is 1.